The summed E-state index contributed by atoms with van der Waals surface area (Å²) in [5.74, 6) is -1.69. The molecule has 1 aliphatic heterocycles. The number of rotatable bonds is 2. The average Bonchev–Trinajstić information content (AvgIpc) is 2.20. The summed E-state index contributed by atoms with van der Waals surface area (Å²) in [6.45, 7) is -0.725. The monoisotopic (exact) mass is 223 g/mol. The molecule has 0 unspecified atom stereocenters. The number of hydrogen-bond donors (Lipinski definition) is 6. The molecule has 0 aromatic heterocycles. The van der Waals surface area contributed by atoms with Crippen LogP contribution < -0.4 is 5.73 Å². The van der Waals surface area contributed by atoms with E-state index in [4.69, 9.17) is 15.9 Å². The Bertz CT molecular complexity index is 258. The average molecular weight is 223 g/mol. The summed E-state index contributed by atoms with van der Waals surface area (Å²) in [5.41, 5.74) is 2.67. The molecule has 1 aliphatic rings. The van der Waals surface area contributed by atoms with Crippen molar-refractivity contribution in [3.8, 4) is 0 Å². The van der Waals surface area contributed by atoms with Crippen molar-refractivity contribution in [1.82, 2.24) is 0 Å². The molecule has 8 heteroatoms. The van der Waals surface area contributed by atoms with Crippen LogP contribution in [0.1, 0.15) is 0 Å². The number of aliphatic hydroxyl groups is 4. The SMILES string of the molecule is N[C@]1(C(=O)O)O[C@H](CO)[C@@H](O)[C@H](O)[C@@H]1O. The number of aliphatic carboxylic acids is 1. The highest BCUT2D eigenvalue weighted by Crippen LogP contribution is 2.26. The summed E-state index contributed by atoms with van der Waals surface area (Å²) in [6, 6.07) is 0. The molecule has 1 rings (SSSR count). The van der Waals surface area contributed by atoms with Gasteiger partial charge in [-0.25, -0.2) is 4.79 Å². The lowest BCUT2D eigenvalue weighted by molar-refractivity contribution is -0.271. The second-order valence-corrected chi connectivity index (χ2v) is 3.36. The first kappa shape index (κ1) is 12.3. The third-order valence-electron chi connectivity index (χ3n) is 2.35. The Morgan fingerprint density at radius 3 is 2.27 bits per heavy atom. The summed E-state index contributed by atoms with van der Waals surface area (Å²) < 4.78 is 4.65. The molecule has 0 radical (unpaired) electrons. The zero-order valence-corrected chi connectivity index (χ0v) is 7.65. The quantitative estimate of drug-likeness (QED) is 0.278. The van der Waals surface area contributed by atoms with Crippen LogP contribution in [0.2, 0.25) is 0 Å². The summed E-state index contributed by atoms with van der Waals surface area (Å²) in [6.07, 6.45) is -6.73. The summed E-state index contributed by atoms with van der Waals surface area (Å²) >= 11 is 0. The normalized spacial score (nSPS) is 46.5. The van der Waals surface area contributed by atoms with Crippen LogP contribution in [-0.4, -0.2) is 68.2 Å². The summed E-state index contributed by atoms with van der Waals surface area (Å²) in [5, 5.41) is 45.4. The highest BCUT2D eigenvalue weighted by molar-refractivity contribution is 5.77. The van der Waals surface area contributed by atoms with Gasteiger partial charge in [-0.2, -0.15) is 0 Å². The van der Waals surface area contributed by atoms with Crippen molar-refractivity contribution in [1.29, 1.82) is 0 Å². The van der Waals surface area contributed by atoms with Gasteiger partial charge in [0.25, 0.3) is 0 Å². The van der Waals surface area contributed by atoms with Gasteiger partial charge in [-0.05, 0) is 0 Å². The minimum absolute atomic E-state index is 0.725. The smallest absolute Gasteiger partial charge is 0.354 e. The molecule has 0 aliphatic carbocycles. The van der Waals surface area contributed by atoms with E-state index < -0.39 is 42.7 Å². The van der Waals surface area contributed by atoms with Gasteiger partial charge in [0.05, 0.1) is 6.61 Å². The van der Waals surface area contributed by atoms with Crippen LogP contribution in [0.15, 0.2) is 0 Å². The van der Waals surface area contributed by atoms with E-state index in [2.05, 4.69) is 4.74 Å². The van der Waals surface area contributed by atoms with Gasteiger partial charge in [0.2, 0.25) is 5.72 Å². The number of aliphatic hydroxyl groups excluding tert-OH is 4. The maximum Gasteiger partial charge on any atom is 0.354 e. The van der Waals surface area contributed by atoms with Gasteiger partial charge in [0, 0.05) is 0 Å². The van der Waals surface area contributed by atoms with Gasteiger partial charge in [-0.15, -0.1) is 0 Å². The molecular weight excluding hydrogens is 210 g/mol. The van der Waals surface area contributed by atoms with Crippen molar-refractivity contribution in [2.45, 2.75) is 30.1 Å². The highest BCUT2D eigenvalue weighted by atomic mass is 16.6. The summed E-state index contributed by atoms with van der Waals surface area (Å²) in [7, 11) is 0. The van der Waals surface area contributed by atoms with E-state index in [-0.39, 0.29) is 0 Å². The van der Waals surface area contributed by atoms with E-state index in [1.807, 2.05) is 0 Å². The Labute approximate surface area is 84.5 Å². The minimum atomic E-state index is -2.54. The number of nitrogens with two attached hydrogens (primary N) is 1. The predicted molar refractivity (Wildman–Crippen MR) is 44.5 cm³/mol. The molecule has 5 atom stereocenters. The molecule has 15 heavy (non-hydrogen) atoms. The third kappa shape index (κ3) is 1.83. The molecule has 1 fully saturated rings. The summed E-state index contributed by atoms with van der Waals surface area (Å²) in [4.78, 5) is 10.7. The Morgan fingerprint density at radius 2 is 1.87 bits per heavy atom. The largest absolute Gasteiger partial charge is 0.478 e. The molecule has 7 N–H and O–H groups in total. The second-order valence-electron chi connectivity index (χ2n) is 3.36. The van der Waals surface area contributed by atoms with Crippen molar-refractivity contribution in [2.24, 2.45) is 5.73 Å². The zero-order valence-electron chi connectivity index (χ0n) is 7.65. The molecule has 1 saturated heterocycles. The van der Waals surface area contributed by atoms with Gasteiger partial charge in [-0.3, -0.25) is 5.73 Å². The first-order valence-electron chi connectivity index (χ1n) is 4.19. The van der Waals surface area contributed by atoms with Crippen molar-refractivity contribution in [3.63, 3.8) is 0 Å². The minimum Gasteiger partial charge on any atom is -0.478 e. The Hall–Kier alpha value is -0.770. The molecule has 0 aromatic carbocycles. The van der Waals surface area contributed by atoms with Gasteiger partial charge < -0.3 is 30.3 Å². The van der Waals surface area contributed by atoms with E-state index in [9.17, 15) is 20.1 Å². The lowest BCUT2D eigenvalue weighted by Crippen LogP contribution is -2.72. The van der Waals surface area contributed by atoms with Crippen LogP contribution in [0, 0.1) is 0 Å². The maximum absolute atomic E-state index is 10.7. The number of carboxylic acids is 1. The fourth-order valence-corrected chi connectivity index (χ4v) is 1.37. The van der Waals surface area contributed by atoms with E-state index in [1.165, 1.54) is 0 Å². The van der Waals surface area contributed by atoms with E-state index in [0.29, 0.717) is 0 Å². The lowest BCUT2D eigenvalue weighted by atomic mass is 9.91. The fraction of sp³-hybridized carbons (Fsp3) is 0.857. The third-order valence-corrected chi connectivity index (χ3v) is 2.35. The van der Waals surface area contributed by atoms with Crippen molar-refractivity contribution < 1.29 is 35.1 Å². The van der Waals surface area contributed by atoms with Crippen molar-refractivity contribution in [2.75, 3.05) is 6.61 Å². The van der Waals surface area contributed by atoms with E-state index in [1.54, 1.807) is 0 Å². The van der Waals surface area contributed by atoms with Crippen LogP contribution >= 0.6 is 0 Å². The molecule has 1 heterocycles. The van der Waals surface area contributed by atoms with Gasteiger partial charge in [-0.1, -0.05) is 0 Å². The lowest BCUT2D eigenvalue weighted by Gasteiger charge is -2.43. The first-order chi connectivity index (χ1) is 6.84. The Kier molecular flexibility index (Phi) is 3.28. The molecule has 0 aromatic rings. The molecule has 0 bridgehead atoms. The maximum atomic E-state index is 10.7. The highest BCUT2D eigenvalue weighted by Gasteiger charge is 2.55. The topological polar surface area (TPSA) is 153 Å². The molecular formula is C7H13NO7. The zero-order chi connectivity index (χ0) is 11.8. The molecule has 0 saturated carbocycles. The predicted octanol–water partition coefficient (Wildman–Crippen LogP) is -3.80. The number of carboxylic acid groups (broad SMARTS) is 1. The number of hydrogen-bond acceptors (Lipinski definition) is 7. The van der Waals surface area contributed by atoms with Crippen LogP contribution in [0.5, 0.6) is 0 Å². The Balaban J connectivity index is 2.97. The van der Waals surface area contributed by atoms with Crippen LogP contribution in [-0.2, 0) is 9.53 Å². The van der Waals surface area contributed by atoms with Gasteiger partial charge >= 0.3 is 5.97 Å². The number of ether oxygens (including phenoxy) is 1. The molecule has 88 valence electrons. The number of carbonyl (C=O) groups is 1. The first-order valence-corrected chi connectivity index (χ1v) is 4.19. The van der Waals surface area contributed by atoms with Gasteiger partial charge in [0.1, 0.15) is 24.4 Å². The molecule has 8 nitrogen and oxygen atoms in total. The Morgan fingerprint density at radius 1 is 1.33 bits per heavy atom. The molecule has 0 spiro atoms. The fourth-order valence-electron chi connectivity index (χ4n) is 1.37. The second kappa shape index (κ2) is 4.00. The van der Waals surface area contributed by atoms with E-state index in [0.717, 1.165) is 0 Å². The molecule has 0 amide bonds. The van der Waals surface area contributed by atoms with Crippen molar-refractivity contribution >= 4 is 5.97 Å². The standard InChI is InChI=1S/C7H13NO7/c8-7(6(13)14)5(12)4(11)3(10)2(1-9)15-7/h2-5,9-12H,1,8H2,(H,13,14)/t2-,3-,4+,5+,7+/m1/s1. The van der Waals surface area contributed by atoms with Crippen LogP contribution in [0.3, 0.4) is 0 Å². The van der Waals surface area contributed by atoms with Crippen molar-refractivity contribution in [3.05, 3.63) is 0 Å². The van der Waals surface area contributed by atoms with Crippen LogP contribution in [0.25, 0.3) is 0 Å². The van der Waals surface area contributed by atoms with E-state index >= 15 is 0 Å². The van der Waals surface area contributed by atoms with Crippen LogP contribution in [0.4, 0.5) is 0 Å². The van der Waals surface area contributed by atoms with Gasteiger partial charge in [0.15, 0.2) is 0 Å².